The van der Waals surface area contributed by atoms with E-state index in [4.69, 9.17) is 24.2 Å². The van der Waals surface area contributed by atoms with Crippen molar-refractivity contribution >= 4 is 35.1 Å². The van der Waals surface area contributed by atoms with Crippen LogP contribution in [0.1, 0.15) is 26.7 Å². The molecule has 162 valence electrons. The molecule has 0 amide bonds. The molecule has 0 bridgehead atoms. The Morgan fingerprint density at radius 2 is 1.66 bits per heavy atom. The molecule has 1 aliphatic heterocycles. The van der Waals surface area contributed by atoms with Crippen LogP contribution in [0.4, 0.5) is 11.8 Å². The summed E-state index contributed by atoms with van der Waals surface area (Å²) in [5.41, 5.74) is 0.693. The first-order valence-corrected chi connectivity index (χ1v) is 9.76. The summed E-state index contributed by atoms with van der Waals surface area (Å²) < 4.78 is 16.8. The molecule has 1 saturated heterocycles. The number of hydrogen-bond acceptors (Lipinski definition) is 8. The van der Waals surface area contributed by atoms with Crippen LogP contribution >= 0.6 is 12.4 Å². The molecular formula is C20H31ClN4O4. The molecule has 0 aliphatic carbocycles. The maximum absolute atomic E-state index is 9.85. The summed E-state index contributed by atoms with van der Waals surface area (Å²) in [6, 6.07) is 1.91. The molecule has 0 saturated carbocycles. The summed E-state index contributed by atoms with van der Waals surface area (Å²) in [6.45, 7) is 7.29. The van der Waals surface area contributed by atoms with Crippen LogP contribution in [0.3, 0.4) is 0 Å². The lowest BCUT2D eigenvalue weighted by Gasteiger charge is -2.31. The van der Waals surface area contributed by atoms with E-state index in [0.29, 0.717) is 41.6 Å². The van der Waals surface area contributed by atoms with Crippen LogP contribution in [0.5, 0.6) is 17.2 Å². The molecule has 1 aliphatic rings. The summed E-state index contributed by atoms with van der Waals surface area (Å²) >= 11 is 0. The van der Waals surface area contributed by atoms with E-state index in [1.807, 2.05) is 6.07 Å². The molecule has 2 heterocycles. The Bertz CT molecular complexity index is 824. The molecule has 0 radical (unpaired) electrons. The molecule has 9 heteroatoms. The van der Waals surface area contributed by atoms with E-state index in [2.05, 4.69) is 23.6 Å². The highest BCUT2D eigenvalue weighted by molar-refractivity contribution is 5.98. The van der Waals surface area contributed by atoms with E-state index in [-0.39, 0.29) is 18.5 Å². The zero-order chi connectivity index (χ0) is 20.3. The van der Waals surface area contributed by atoms with Gasteiger partial charge in [0.15, 0.2) is 11.5 Å². The Balaban J connectivity index is 0.00000300. The van der Waals surface area contributed by atoms with Gasteiger partial charge in [0.05, 0.1) is 32.8 Å². The van der Waals surface area contributed by atoms with Crippen LogP contribution in [0.25, 0.3) is 10.9 Å². The first kappa shape index (κ1) is 23.1. The van der Waals surface area contributed by atoms with Gasteiger partial charge in [-0.1, -0.05) is 0 Å². The minimum Gasteiger partial charge on any atom is -0.493 e. The lowest BCUT2D eigenvalue weighted by molar-refractivity contribution is 0.145. The minimum atomic E-state index is -0.252. The second-order valence-corrected chi connectivity index (χ2v) is 6.78. The monoisotopic (exact) mass is 426 g/mol. The minimum absolute atomic E-state index is 0. The summed E-state index contributed by atoms with van der Waals surface area (Å²) in [7, 11) is 4.80. The lowest BCUT2D eigenvalue weighted by Crippen LogP contribution is -2.37. The predicted molar refractivity (Wildman–Crippen MR) is 117 cm³/mol. The van der Waals surface area contributed by atoms with Gasteiger partial charge in [-0.15, -0.1) is 12.4 Å². The van der Waals surface area contributed by atoms with Gasteiger partial charge in [-0.25, -0.2) is 4.98 Å². The van der Waals surface area contributed by atoms with Crippen molar-refractivity contribution in [3.05, 3.63) is 6.07 Å². The topological polar surface area (TPSA) is 80.2 Å². The molecule has 1 fully saturated rings. The molecule has 1 N–H and O–H groups in total. The number of fused-ring (bicyclic) bond motifs is 1. The Kier molecular flexibility index (Phi) is 7.98. The van der Waals surface area contributed by atoms with Crippen LogP contribution in [-0.2, 0) is 0 Å². The highest BCUT2D eigenvalue weighted by atomic mass is 35.5. The number of aliphatic hydroxyl groups excluding tert-OH is 1. The Hall–Kier alpha value is -2.19. The molecule has 1 aromatic heterocycles. The first-order chi connectivity index (χ1) is 13.6. The summed E-state index contributed by atoms with van der Waals surface area (Å²) in [5.74, 6) is 3.12. The largest absolute Gasteiger partial charge is 0.493 e. The van der Waals surface area contributed by atoms with Crippen LogP contribution in [-0.4, -0.2) is 68.7 Å². The number of aromatic nitrogens is 2. The van der Waals surface area contributed by atoms with E-state index in [9.17, 15) is 5.11 Å². The van der Waals surface area contributed by atoms with Gasteiger partial charge in [-0.2, -0.15) is 4.98 Å². The summed E-state index contributed by atoms with van der Waals surface area (Å²) in [6.07, 6.45) is 1.17. The van der Waals surface area contributed by atoms with Gasteiger partial charge in [0.1, 0.15) is 11.3 Å². The number of aliphatic hydroxyl groups is 1. The van der Waals surface area contributed by atoms with Crippen molar-refractivity contribution in [3.8, 4) is 17.2 Å². The Morgan fingerprint density at radius 3 is 2.17 bits per heavy atom. The van der Waals surface area contributed by atoms with Crippen molar-refractivity contribution in [3.63, 3.8) is 0 Å². The normalized spacial score (nSPS) is 14.5. The average molecular weight is 427 g/mol. The van der Waals surface area contributed by atoms with Crippen LogP contribution < -0.4 is 24.0 Å². The second kappa shape index (κ2) is 10.0. The third-order valence-electron chi connectivity index (χ3n) is 5.27. The lowest BCUT2D eigenvalue weighted by atomic mass is 10.1. The molecule has 3 rings (SSSR count). The predicted octanol–water partition coefficient (Wildman–Crippen LogP) is 2.88. The SMILES string of the molecule is CCN(CC)c1nc(N2CCC(O)CC2)nc2c(OC)c(OC)c(OC)cc12.Cl. The number of anilines is 2. The van der Waals surface area contributed by atoms with Crippen molar-refractivity contribution in [2.75, 3.05) is 57.3 Å². The van der Waals surface area contributed by atoms with Gasteiger partial charge >= 0.3 is 0 Å². The van der Waals surface area contributed by atoms with Gasteiger partial charge in [0, 0.05) is 26.2 Å². The fourth-order valence-electron chi connectivity index (χ4n) is 3.67. The van der Waals surface area contributed by atoms with Gasteiger partial charge in [0.2, 0.25) is 11.7 Å². The molecule has 29 heavy (non-hydrogen) atoms. The summed E-state index contributed by atoms with van der Waals surface area (Å²) in [5, 5.41) is 10.7. The van der Waals surface area contributed by atoms with E-state index in [1.54, 1.807) is 21.3 Å². The number of benzene rings is 1. The van der Waals surface area contributed by atoms with Gasteiger partial charge < -0.3 is 29.1 Å². The number of piperidine rings is 1. The van der Waals surface area contributed by atoms with Crippen LogP contribution in [0.2, 0.25) is 0 Å². The number of methoxy groups -OCH3 is 3. The van der Waals surface area contributed by atoms with Crippen molar-refractivity contribution in [2.45, 2.75) is 32.8 Å². The first-order valence-electron chi connectivity index (χ1n) is 9.76. The smallest absolute Gasteiger partial charge is 0.228 e. The second-order valence-electron chi connectivity index (χ2n) is 6.78. The fraction of sp³-hybridized carbons (Fsp3) is 0.600. The third-order valence-corrected chi connectivity index (χ3v) is 5.27. The number of rotatable bonds is 7. The molecule has 2 aromatic rings. The number of hydrogen-bond donors (Lipinski definition) is 1. The van der Waals surface area contributed by atoms with E-state index in [1.165, 1.54) is 0 Å². The fourth-order valence-corrected chi connectivity index (χ4v) is 3.67. The highest BCUT2D eigenvalue weighted by Crippen LogP contribution is 2.45. The van der Waals surface area contributed by atoms with Gasteiger partial charge in [0.25, 0.3) is 0 Å². The molecule has 1 aromatic carbocycles. The van der Waals surface area contributed by atoms with Crippen LogP contribution in [0, 0.1) is 0 Å². The van der Waals surface area contributed by atoms with Gasteiger partial charge in [-0.3, -0.25) is 0 Å². The zero-order valence-corrected chi connectivity index (χ0v) is 18.6. The van der Waals surface area contributed by atoms with Crippen LogP contribution in [0.15, 0.2) is 6.07 Å². The molecule has 0 atom stereocenters. The average Bonchev–Trinajstić information content (AvgIpc) is 2.73. The third kappa shape index (κ3) is 4.38. The number of nitrogens with zero attached hydrogens (tertiary/aromatic N) is 4. The molecular weight excluding hydrogens is 396 g/mol. The maximum atomic E-state index is 9.85. The highest BCUT2D eigenvalue weighted by Gasteiger charge is 2.25. The van der Waals surface area contributed by atoms with Gasteiger partial charge in [-0.05, 0) is 32.8 Å². The maximum Gasteiger partial charge on any atom is 0.228 e. The standard InChI is InChI=1S/C20H30N4O4.ClH/c1-6-23(7-2)19-14-12-15(26-3)17(27-4)18(28-5)16(14)21-20(22-19)24-10-8-13(25)9-11-24;/h12-13,25H,6-11H2,1-5H3;1H. The Labute approximate surface area is 178 Å². The van der Waals surface area contributed by atoms with Crippen molar-refractivity contribution in [1.82, 2.24) is 9.97 Å². The number of halogens is 1. The quantitative estimate of drug-likeness (QED) is 0.723. The molecule has 8 nitrogen and oxygen atoms in total. The zero-order valence-electron chi connectivity index (χ0n) is 17.8. The van der Waals surface area contributed by atoms with E-state index >= 15 is 0 Å². The van der Waals surface area contributed by atoms with Crippen molar-refractivity contribution < 1.29 is 19.3 Å². The number of ether oxygens (including phenoxy) is 3. The van der Waals surface area contributed by atoms with Crippen molar-refractivity contribution in [2.24, 2.45) is 0 Å². The van der Waals surface area contributed by atoms with E-state index in [0.717, 1.165) is 37.4 Å². The summed E-state index contributed by atoms with van der Waals surface area (Å²) in [4.78, 5) is 14.1. The van der Waals surface area contributed by atoms with E-state index < -0.39 is 0 Å². The molecule has 0 unspecified atom stereocenters. The molecule has 0 spiro atoms. The van der Waals surface area contributed by atoms with Crippen molar-refractivity contribution in [1.29, 1.82) is 0 Å². The Morgan fingerprint density at radius 1 is 1.03 bits per heavy atom.